The summed E-state index contributed by atoms with van der Waals surface area (Å²) in [7, 11) is 3.98. The molecule has 0 bridgehead atoms. The molecule has 0 aliphatic heterocycles. The van der Waals surface area contributed by atoms with Crippen LogP contribution in [0, 0.1) is 12.8 Å². The summed E-state index contributed by atoms with van der Waals surface area (Å²) in [5.41, 5.74) is 8.73. The van der Waals surface area contributed by atoms with Crippen LogP contribution in [0.4, 0.5) is 11.4 Å². The van der Waals surface area contributed by atoms with Gasteiger partial charge in [0.25, 0.3) is 0 Å². The predicted molar refractivity (Wildman–Crippen MR) is 76.9 cm³/mol. The van der Waals surface area contributed by atoms with Crippen LogP contribution in [0.5, 0.6) is 0 Å². The number of aryl methyl sites for hydroxylation is 1. The Kier molecular flexibility index (Phi) is 4.73. The van der Waals surface area contributed by atoms with Crippen molar-refractivity contribution < 1.29 is 4.79 Å². The Morgan fingerprint density at radius 1 is 1.33 bits per heavy atom. The molecule has 0 heterocycles. The van der Waals surface area contributed by atoms with Crippen molar-refractivity contribution in [2.24, 2.45) is 11.7 Å². The number of rotatable bonds is 4. The molecule has 3 N–H and O–H groups in total. The highest BCUT2D eigenvalue weighted by Gasteiger charge is 2.17. The first kappa shape index (κ1) is 14.5. The topological polar surface area (TPSA) is 58.4 Å². The van der Waals surface area contributed by atoms with E-state index in [0.29, 0.717) is 0 Å². The van der Waals surface area contributed by atoms with E-state index >= 15 is 0 Å². The maximum absolute atomic E-state index is 11.9. The van der Waals surface area contributed by atoms with Crippen molar-refractivity contribution in [1.29, 1.82) is 0 Å². The van der Waals surface area contributed by atoms with E-state index in [1.165, 1.54) is 0 Å². The number of nitrogens with two attached hydrogens (primary N) is 1. The smallest absolute Gasteiger partial charge is 0.228 e. The number of carbonyl (C=O) groups excluding carboxylic acids is 1. The third-order valence-electron chi connectivity index (χ3n) is 3.19. The van der Waals surface area contributed by atoms with Gasteiger partial charge in [0.05, 0.1) is 5.92 Å². The molecule has 0 saturated heterocycles. The van der Waals surface area contributed by atoms with Crippen molar-refractivity contribution in [1.82, 2.24) is 0 Å². The molecule has 0 aliphatic rings. The quantitative estimate of drug-likeness (QED) is 0.858. The van der Waals surface area contributed by atoms with Crippen molar-refractivity contribution in [3.8, 4) is 0 Å². The minimum absolute atomic E-state index is 0.0364. The Balaban J connectivity index is 2.83. The van der Waals surface area contributed by atoms with Gasteiger partial charge in [0.1, 0.15) is 0 Å². The third-order valence-corrected chi connectivity index (χ3v) is 3.19. The van der Waals surface area contributed by atoms with Gasteiger partial charge in [-0.05, 0) is 37.6 Å². The summed E-state index contributed by atoms with van der Waals surface area (Å²) < 4.78 is 0. The second-order valence-corrected chi connectivity index (χ2v) is 5.03. The molecule has 0 radical (unpaired) electrons. The van der Waals surface area contributed by atoms with E-state index in [1.807, 2.05) is 58.0 Å². The molecule has 0 fully saturated rings. The summed E-state index contributed by atoms with van der Waals surface area (Å²) in [4.78, 5) is 14.0. The Hall–Kier alpha value is -1.55. The molecule has 0 aromatic heterocycles. The van der Waals surface area contributed by atoms with E-state index in [-0.39, 0.29) is 17.9 Å². The lowest BCUT2D eigenvalue weighted by molar-refractivity contribution is -0.119. The van der Waals surface area contributed by atoms with Crippen LogP contribution in [0.3, 0.4) is 0 Å². The summed E-state index contributed by atoms with van der Waals surface area (Å²) in [5.74, 6) is -0.233. The van der Waals surface area contributed by atoms with Crippen LogP contribution < -0.4 is 16.0 Å². The van der Waals surface area contributed by atoms with Crippen molar-refractivity contribution in [2.75, 3.05) is 24.3 Å². The SMILES string of the molecule is Cc1cc(N(C)C)ccc1NC(=O)C(C)C(C)N. The molecular weight excluding hydrogens is 226 g/mol. The zero-order valence-electron chi connectivity index (χ0n) is 11.8. The van der Waals surface area contributed by atoms with Crippen LogP contribution in [0.2, 0.25) is 0 Å². The summed E-state index contributed by atoms with van der Waals surface area (Å²) in [6, 6.07) is 5.81. The summed E-state index contributed by atoms with van der Waals surface area (Å²) in [6.07, 6.45) is 0. The highest BCUT2D eigenvalue weighted by atomic mass is 16.1. The average molecular weight is 249 g/mol. The van der Waals surface area contributed by atoms with Crippen LogP contribution in [0.1, 0.15) is 19.4 Å². The summed E-state index contributed by atoms with van der Waals surface area (Å²) in [5, 5.41) is 2.92. The predicted octanol–water partition coefficient (Wildman–Crippen LogP) is 1.98. The van der Waals surface area contributed by atoms with E-state index in [9.17, 15) is 4.79 Å². The Labute approximate surface area is 109 Å². The lowest BCUT2D eigenvalue weighted by Crippen LogP contribution is -2.34. The second-order valence-electron chi connectivity index (χ2n) is 5.03. The molecule has 0 saturated carbocycles. The number of amides is 1. The Morgan fingerprint density at radius 3 is 2.39 bits per heavy atom. The minimum Gasteiger partial charge on any atom is -0.378 e. The van der Waals surface area contributed by atoms with Gasteiger partial charge in [-0.3, -0.25) is 4.79 Å². The first-order chi connectivity index (χ1) is 8.32. The molecule has 1 aromatic rings. The second kappa shape index (κ2) is 5.87. The molecule has 100 valence electrons. The zero-order valence-corrected chi connectivity index (χ0v) is 11.8. The number of hydrogen-bond acceptors (Lipinski definition) is 3. The highest BCUT2D eigenvalue weighted by molar-refractivity contribution is 5.93. The Morgan fingerprint density at radius 2 is 1.94 bits per heavy atom. The number of nitrogens with one attached hydrogen (secondary N) is 1. The third kappa shape index (κ3) is 3.47. The normalized spacial score (nSPS) is 13.9. The molecular formula is C14H23N3O. The molecule has 18 heavy (non-hydrogen) atoms. The van der Waals surface area contributed by atoms with E-state index in [2.05, 4.69) is 5.32 Å². The molecule has 1 aromatic carbocycles. The Bertz CT molecular complexity index is 427. The average Bonchev–Trinajstić information content (AvgIpc) is 2.30. The van der Waals surface area contributed by atoms with E-state index < -0.39 is 0 Å². The number of hydrogen-bond donors (Lipinski definition) is 2. The molecule has 2 atom stereocenters. The van der Waals surface area contributed by atoms with Gasteiger partial charge in [-0.15, -0.1) is 0 Å². The van der Waals surface area contributed by atoms with Gasteiger partial charge in [-0.1, -0.05) is 6.92 Å². The van der Waals surface area contributed by atoms with Crippen LogP contribution in [0.25, 0.3) is 0 Å². The number of nitrogens with zero attached hydrogens (tertiary/aromatic N) is 1. The fourth-order valence-corrected chi connectivity index (χ4v) is 1.55. The number of benzene rings is 1. The van der Waals surface area contributed by atoms with Crippen molar-refractivity contribution in [2.45, 2.75) is 26.8 Å². The monoisotopic (exact) mass is 249 g/mol. The van der Waals surface area contributed by atoms with Gasteiger partial charge in [-0.25, -0.2) is 0 Å². The standard InChI is InChI=1S/C14H23N3O/c1-9-8-12(17(4)5)6-7-13(9)16-14(18)10(2)11(3)15/h6-8,10-11H,15H2,1-5H3,(H,16,18). The van der Waals surface area contributed by atoms with Crippen LogP contribution in [0.15, 0.2) is 18.2 Å². The first-order valence-corrected chi connectivity index (χ1v) is 6.17. The van der Waals surface area contributed by atoms with Gasteiger partial charge in [0, 0.05) is 31.5 Å². The van der Waals surface area contributed by atoms with E-state index in [1.54, 1.807) is 0 Å². The fourth-order valence-electron chi connectivity index (χ4n) is 1.55. The van der Waals surface area contributed by atoms with Crippen LogP contribution >= 0.6 is 0 Å². The molecule has 1 rings (SSSR count). The van der Waals surface area contributed by atoms with Crippen LogP contribution in [-0.4, -0.2) is 26.0 Å². The molecule has 4 nitrogen and oxygen atoms in total. The van der Waals surface area contributed by atoms with Gasteiger partial charge in [0.2, 0.25) is 5.91 Å². The van der Waals surface area contributed by atoms with E-state index in [0.717, 1.165) is 16.9 Å². The number of anilines is 2. The minimum atomic E-state index is -0.196. The molecule has 4 heteroatoms. The molecule has 0 aliphatic carbocycles. The first-order valence-electron chi connectivity index (χ1n) is 6.17. The van der Waals surface area contributed by atoms with Crippen molar-refractivity contribution >= 4 is 17.3 Å². The lowest BCUT2D eigenvalue weighted by atomic mass is 10.0. The molecule has 0 spiro atoms. The highest BCUT2D eigenvalue weighted by Crippen LogP contribution is 2.22. The zero-order chi connectivity index (χ0) is 13.9. The number of carbonyl (C=O) groups is 1. The van der Waals surface area contributed by atoms with Gasteiger partial charge in [0.15, 0.2) is 0 Å². The fraction of sp³-hybridized carbons (Fsp3) is 0.500. The van der Waals surface area contributed by atoms with Gasteiger partial charge < -0.3 is 16.0 Å². The van der Waals surface area contributed by atoms with Gasteiger partial charge in [-0.2, -0.15) is 0 Å². The molecule has 2 unspecified atom stereocenters. The summed E-state index contributed by atoms with van der Waals surface area (Å²) in [6.45, 7) is 5.66. The van der Waals surface area contributed by atoms with Crippen molar-refractivity contribution in [3.63, 3.8) is 0 Å². The largest absolute Gasteiger partial charge is 0.378 e. The van der Waals surface area contributed by atoms with Crippen molar-refractivity contribution in [3.05, 3.63) is 23.8 Å². The molecule has 1 amide bonds. The lowest BCUT2D eigenvalue weighted by Gasteiger charge is -2.18. The summed E-state index contributed by atoms with van der Waals surface area (Å²) >= 11 is 0. The van der Waals surface area contributed by atoms with Crippen LogP contribution in [-0.2, 0) is 4.79 Å². The maximum Gasteiger partial charge on any atom is 0.228 e. The van der Waals surface area contributed by atoms with E-state index in [4.69, 9.17) is 5.73 Å². The maximum atomic E-state index is 11.9. The van der Waals surface area contributed by atoms with Gasteiger partial charge >= 0.3 is 0 Å².